The molecule has 0 unspecified atom stereocenters. The molecule has 0 aromatic heterocycles. The van der Waals surface area contributed by atoms with E-state index in [1.54, 1.807) is 6.92 Å². The topological polar surface area (TPSA) is 86.8 Å². The minimum atomic E-state index is -3.93. The number of benzene rings is 2. The fraction of sp³-hybridized carbons (Fsp3) is 0.333. The van der Waals surface area contributed by atoms with Gasteiger partial charge in [-0.05, 0) is 49.7 Å². The smallest absolute Gasteiger partial charge is 0.244 e. The number of carbonyl (C=O) groups excluding carboxylic acids is 2. The van der Waals surface area contributed by atoms with Crippen LogP contribution in [0.1, 0.15) is 19.4 Å². The molecule has 0 spiro atoms. The Morgan fingerprint density at radius 2 is 1.71 bits per heavy atom. The number of nitrogens with one attached hydrogen (secondary N) is 1. The van der Waals surface area contributed by atoms with E-state index in [0.29, 0.717) is 12.1 Å². The molecule has 2 aromatic rings. The van der Waals surface area contributed by atoms with Gasteiger partial charge in [0.25, 0.3) is 0 Å². The minimum Gasteiger partial charge on any atom is -0.355 e. The Bertz CT molecular complexity index is 1030. The fourth-order valence-corrected chi connectivity index (χ4v) is 3.78. The van der Waals surface area contributed by atoms with E-state index in [4.69, 9.17) is 0 Å². The van der Waals surface area contributed by atoms with Gasteiger partial charge in [-0.25, -0.2) is 17.2 Å². The number of hydrogen-bond donors (Lipinski definition) is 1. The van der Waals surface area contributed by atoms with E-state index in [1.807, 2.05) is 0 Å². The number of anilines is 1. The van der Waals surface area contributed by atoms with Crippen molar-refractivity contribution in [2.45, 2.75) is 26.4 Å². The SMILES string of the molecule is CCNC(=O)[C@H](C)N(Cc1ccc(F)cc1)C(=O)CN(c1cccc(F)c1)S(C)(=O)=O. The quantitative estimate of drug-likeness (QED) is 0.631. The lowest BCUT2D eigenvalue weighted by Crippen LogP contribution is -2.51. The Kier molecular flexibility index (Phi) is 8.09. The van der Waals surface area contributed by atoms with Gasteiger partial charge in [-0.2, -0.15) is 0 Å². The van der Waals surface area contributed by atoms with E-state index in [2.05, 4.69) is 5.32 Å². The zero-order chi connectivity index (χ0) is 23.2. The number of likely N-dealkylation sites (N-methyl/N-ethyl adjacent to an activating group) is 1. The number of carbonyl (C=O) groups is 2. The van der Waals surface area contributed by atoms with Crippen molar-refractivity contribution >= 4 is 27.5 Å². The van der Waals surface area contributed by atoms with Crippen LogP contribution in [-0.2, 0) is 26.2 Å². The number of amides is 2. The van der Waals surface area contributed by atoms with E-state index in [9.17, 15) is 26.8 Å². The number of sulfonamides is 1. The first-order valence-electron chi connectivity index (χ1n) is 9.57. The third kappa shape index (κ3) is 6.74. The molecular formula is C21H25F2N3O4S. The highest BCUT2D eigenvalue weighted by Crippen LogP contribution is 2.20. The third-order valence-corrected chi connectivity index (χ3v) is 5.70. The summed E-state index contributed by atoms with van der Waals surface area (Å²) in [6.07, 6.45) is 0.905. The Morgan fingerprint density at radius 1 is 1.06 bits per heavy atom. The van der Waals surface area contributed by atoms with E-state index in [-0.39, 0.29) is 12.2 Å². The first-order chi connectivity index (χ1) is 14.5. The van der Waals surface area contributed by atoms with Crippen LogP contribution in [0.25, 0.3) is 0 Å². The van der Waals surface area contributed by atoms with Crippen LogP contribution in [0.15, 0.2) is 48.5 Å². The lowest BCUT2D eigenvalue weighted by molar-refractivity contribution is -0.139. The molecule has 0 radical (unpaired) electrons. The van der Waals surface area contributed by atoms with Gasteiger partial charge in [0.05, 0.1) is 11.9 Å². The van der Waals surface area contributed by atoms with Crippen molar-refractivity contribution in [2.24, 2.45) is 0 Å². The fourth-order valence-electron chi connectivity index (χ4n) is 2.94. The summed E-state index contributed by atoms with van der Waals surface area (Å²) in [7, 11) is -3.93. The van der Waals surface area contributed by atoms with E-state index in [0.717, 1.165) is 22.7 Å². The first-order valence-corrected chi connectivity index (χ1v) is 11.4. The van der Waals surface area contributed by atoms with Crippen molar-refractivity contribution in [2.75, 3.05) is 23.7 Å². The van der Waals surface area contributed by atoms with Crippen molar-refractivity contribution in [3.05, 3.63) is 65.7 Å². The second-order valence-electron chi connectivity index (χ2n) is 6.97. The van der Waals surface area contributed by atoms with Gasteiger partial charge >= 0.3 is 0 Å². The molecular weight excluding hydrogens is 428 g/mol. The normalized spacial score (nSPS) is 12.2. The summed E-state index contributed by atoms with van der Waals surface area (Å²) in [5.74, 6) is -2.20. The minimum absolute atomic E-state index is 0.0109. The standard InChI is InChI=1S/C21H25F2N3O4S/c1-4-24-21(28)15(2)25(13-16-8-10-17(22)11-9-16)20(27)14-26(31(3,29)30)19-7-5-6-18(23)12-19/h5-12,15H,4,13-14H2,1-3H3,(H,24,28)/t15-/m0/s1. The molecule has 31 heavy (non-hydrogen) atoms. The molecule has 2 rings (SSSR count). The molecule has 7 nitrogen and oxygen atoms in total. The molecule has 0 heterocycles. The number of hydrogen-bond acceptors (Lipinski definition) is 4. The van der Waals surface area contributed by atoms with Crippen molar-refractivity contribution < 1.29 is 26.8 Å². The lowest BCUT2D eigenvalue weighted by atomic mass is 10.1. The molecule has 0 aliphatic rings. The average molecular weight is 454 g/mol. The zero-order valence-electron chi connectivity index (χ0n) is 17.5. The van der Waals surface area contributed by atoms with Gasteiger partial charge in [0.15, 0.2) is 0 Å². The summed E-state index contributed by atoms with van der Waals surface area (Å²) < 4.78 is 52.3. The van der Waals surface area contributed by atoms with Gasteiger partial charge in [0.1, 0.15) is 24.2 Å². The molecule has 1 atom stereocenters. The summed E-state index contributed by atoms with van der Waals surface area (Å²) in [5, 5.41) is 2.62. The summed E-state index contributed by atoms with van der Waals surface area (Å²) in [6, 6.07) is 9.34. The van der Waals surface area contributed by atoms with Crippen LogP contribution in [0.3, 0.4) is 0 Å². The third-order valence-electron chi connectivity index (χ3n) is 4.56. The van der Waals surface area contributed by atoms with Crippen molar-refractivity contribution in [3.8, 4) is 0 Å². The molecule has 2 amide bonds. The second-order valence-corrected chi connectivity index (χ2v) is 8.87. The van der Waals surface area contributed by atoms with Crippen molar-refractivity contribution in [1.29, 1.82) is 0 Å². The van der Waals surface area contributed by atoms with Gasteiger partial charge in [-0.15, -0.1) is 0 Å². The highest BCUT2D eigenvalue weighted by atomic mass is 32.2. The first kappa shape index (κ1) is 24.3. The van der Waals surface area contributed by atoms with Gasteiger partial charge in [0.2, 0.25) is 21.8 Å². The second kappa shape index (κ2) is 10.3. The van der Waals surface area contributed by atoms with Crippen LogP contribution in [-0.4, -0.2) is 50.5 Å². The van der Waals surface area contributed by atoms with Crippen LogP contribution in [0.2, 0.25) is 0 Å². The van der Waals surface area contributed by atoms with Gasteiger partial charge in [-0.1, -0.05) is 18.2 Å². The molecule has 10 heteroatoms. The maximum Gasteiger partial charge on any atom is 0.244 e. The molecule has 2 aromatic carbocycles. The Balaban J connectivity index is 2.37. The highest BCUT2D eigenvalue weighted by molar-refractivity contribution is 7.92. The Labute approximate surface area is 180 Å². The molecule has 0 aliphatic carbocycles. The van der Waals surface area contributed by atoms with Crippen LogP contribution < -0.4 is 9.62 Å². The Morgan fingerprint density at radius 3 is 2.26 bits per heavy atom. The average Bonchev–Trinajstić information content (AvgIpc) is 2.70. The zero-order valence-corrected chi connectivity index (χ0v) is 18.3. The highest BCUT2D eigenvalue weighted by Gasteiger charge is 2.30. The summed E-state index contributed by atoms with van der Waals surface area (Å²) >= 11 is 0. The Hall–Kier alpha value is -3.01. The predicted octanol–water partition coefficient (Wildman–Crippen LogP) is 2.28. The largest absolute Gasteiger partial charge is 0.355 e. The maximum absolute atomic E-state index is 13.7. The van der Waals surface area contributed by atoms with Crippen molar-refractivity contribution in [1.82, 2.24) is 10.2 Å². The van der Waals surface area contributed by atoms with E-state index >= 15 is 0 Å². The van der Waals surface area contributed by atoms with E-state index in [1.165, 1.54) is 48.2 Å². The molecule has 0 saturated heterocycles. The monoisotopic (exact) mass is 453 g/mol. The van der Waals surface area contributed by atoms with Crippen molar-refractivity contribution in [3.63, 3.8) is 0 Å². The van der Waals surface area contributed by atoms with Crippen LogP contribution >= 0.6 is 0 Å². The molecule has 1 N–H and O–H groups in total. The summed E-state index contributed by atoms with van der Waals surface area (Å²) in [6.45, 7) is 2.91. The number of nitrogens with zero attached hydrogens (tertiary/aromatic N) is 2. The molecule has 168 valence electrons. The summed E-state index contributed by atoms with van der Waals surface area (Å²) in [5.41, 5.74) is 0.547. The van der Waals surface area contributed by atoms with Crippen LogP contribution in [0.4, 0.5) is 14.5 Å². The van der Waals surface area contributed by atoms with Gasteiger partial charge in [-0.3, -0.25) is 13.9 Å². The summed E-state index contributed by atoms with van der Waals surface area (Å²) in [4.78, 5) is 26.7. The number of rotatable bonds is 9. The number of halogens is 2. The molecule has 0 saturated carbocycles. The van der Waals surface area contributed by atoms with Crippen LogP contribution in [0.5, 0.6) is 0 Å². The molecule has 0 fully saturated rings. The van der Waals surface area contributed by atoms with E-state index < -0.39 is 46.1 Å². The lowest BCUT2D eigenvalue weighted by Gasteiger charge is -2.31. The van der Waals surface area contributed by atoms with Gasteiger partial charge < -0.3 is 10.2 Å². The van der Waals surface area contributed by atoms with Gasteiger partial charge in [0, 0.05) is 13.1 Å². The molecule has 0 aliphatic heterocycles. The maximum atomic E-state index is 13.7. The predicted molar refractivity (Wildman–Crippen MR) is 114 cm³/mol. The molecule has 0 bridgehead atoms. The van der Waals surface area contributed by atoms with Crippen LogP contribution in [0, 0.1) is 11.6 Å².